The van der Waals surface area contributed by atoms with Gasteiger partial charge in [0.05, 0.1) is 6.54 Å². The number of hydrogen-bond acceptors (Lipinski definition) is 5. The van der Waals surface area contributed by atoms with Gasteiger partial charge in [0.25, 0.3) is 5.56 Å². The van der Waals surface area contributed by atoms with Crippen LogP contribution in [0.3, 0.4) is 0 Å². The Morgan fingerprint density at radius 1 is 1.16 bits per heavy atom. The number of nitrogens with zero attached hydrogens (tertiary/aromatic N) is 6. The monoisotopic (exact) mass is 421 g/mol. The van der Waals surface area contributed by atoms with Crippen molar-refractivity contribution in [3.05, 3.63) is 70.4 Å². The van der Waals surface area contributed by atoms with Gasteiger partial charge in [0.2, 0.25) is 0 Å². The molecule has 1 saturated heterocycles. The number of nitrogens with one attached hydrogen (secondary N) is 1. The van der Waals surface area contributed by atoms with Gasteiger partial charge in [-0.1, -0.05) is 6.07 Å². The van der Waals surface area contributed by atoms with Crippen LogP contribution in [0.2, 0.25) is 0 Å². The van der Waals surface area contributed by atoms with Crippen LogP contribution in [-0.4, -0.2) is 60.8 Å². The van der Waals surface area contributed by atoms with Crippen LogP contribution >= 0.6 is 0 Å². The smallest absolute Gasteiger partial charge is 0.255 e. The number of likely N-dealkylation sites (tertiary alicyclic amines) is 1. The lowest BCUT2D eigenvalue weighted by Crippen LogP contribution is -2.48. The quantitative estimate of drug-likeness (QED) is 0.601. The molecule has 31 heavy (non-hydrogen) atoms. The number of H-pyrrole nitrogens is 1. The normalized spacial score (nSPS) is 20.8. The molecule has 3 aromatic rings. The summed E-state index contributed by atoms with van der Waals surface area (Å²) in [4.78, 5) is 25.4. The standard InChI is InChI=1S/C23H31N7O/c1-27(17-22-24-7-8-25-22)15-19-4-5-21-20-12-18(14-30(21)23(19)31)13-28(16-20)9-3-11-29-10-2-6-26-29/h2,4-8,10,18,20H,3,9,11-17H2,1H3,(H,24,25)/t18-,20+/m0/s1. The first-order valence-corrected chi connectivity index (χ1v) is 11.2. The molecule has 0 unspecified atom stereocenters. The summed E-state index contributed by atoms with van der Waals surface area (Å²) in [6.07, 6.45) is 9.76. The van der Waals surface area contributed by atoms with E-state index >= 15 is 0 Å². The van der Waals surface area contributed by atoms with Crippen LogP contribution in [0.5, 0.6) is 0 Å². The SMILES string of the molecule is CN(Cc1ncc[nH]1)Cc1ccc2n(c1=O)C[C@H]1C[C@@H]2CN(CCCn2cccn2)C1. The molecule has 0 spiro atoms. The zero-order valence-electron chi connectivity index (χ0n) is 18.2. The molecule has 2 atom stereocenters. The molecule has 1 N–H and O–H groups in total. The van der Waals surface area contributed by atoms with E-state index in [9.17, 15) is 4.79 Å². The summed E-state index contributed by atoms with van der Waals surface area (Å²) in [6, 6.07) is 6.22. The van der Waals surface area contributed by atoms with Crippen molar-refractivity contribution in [3.63, 3.8) is 0 Å². The molecule has 5 heterocycles. The average Bonchev–Trinajstić information content (AvgIpc) is 3.45. The molecule has 0 radical (unpaired) electrons. The van der Waals surface area contributed by atoms with Gasteiger partial charge in [0, 0.05) is 74.7 Å². The first-order valence-electron chi connectivity index (χ1n) is 11.2. The number of aryl methyl sites for hydroxylation is 1. The summed E-state index contributed by atoms with van der Waals surface area (Å²) < 4.78 is 4.07. The van der Waals surface area contributed by atoms with Crippen molar-refractivity contribution in [2.24, 2.45) is 5.92 Å². The van der Waals surface area contributed by atoms with E-state index in [1.807, 2.05) is 42.5 Å². The third-order valence-electron chi connectivity index (χ3n) is 6.59. The molecule has 2 bridgehead atoms. The number of piperidine rings is 1. The summed E-state index contributed by atoms with van der Waals surface area (Å²) in [5, 5.41) is 4.30. The zero-order chi connectivity index (χ0) is 21.2. The van der Waals surface area contributed by atoms with Gasteiger partial charge in [-0.05, 0) is 44.5 Å². The Morgan fingerprint density at radius 3 is 2.90 bits per heavy atom. The fourth-order valence-corrected chi connectivity index (χ4v) is 5.27. The fraction of sp³-hybridized carbons (Fsp3) is 0.522. The minimum absolute atomic E-state index is 0.186. The number of hydrogen-bond donors (Lipinski definition) is 1. The van der Waals surface area contributed by atoms with E-state index in [0.29, 0.717) is 24.9 Å². The van der Waals surface area contributed by atoms with Crippen molar-refractivity contribution in [2.45, 2.75) is 44.9 Å². The molecule has 2 aliphatic heterocycles. The summed E-state index contributed by atoms with van der Waals surface area (Å²) in [5.74, 6) is 1.94. The van der Waals surface area contributed by atoms with Crippen LogP contribution in [0, 0.1) is 5.92 Å². The third-order valence-corrected chi connectivity index (χ3v) is 6.59. The summed E-state index contributed by atoms with van der Waals surface area (Å²) in [6.45, 7) is 6.37. The van der Waals surface area contributed by atoms with Crippen molar-refractivity contribution < 1.29 is 0 Å². The highest BCUT2D eigenvalue weighted by Gasteiger charge is 2.34. The summed E-state index contributed by atoms with van der Waals surface area (Å²) in [5.41, 5.74) is 2.27. The Morgan fingerprint density at radius 2 is 2.10 bits per heavy atom. The van der Waals surface area contributed by atoms with Crippen molar-refractivity contribution in [2.75, 3.05) is 26.7 Å². The second-order valence-corrected chi connectivity index (χ2v) is 9.09. The Hall–Kier alpha value is -2.71. The first kappa shape index (κ1) is 20.2. The molecule has 1 fully saturated rings. The third kappa shape index (κ3) is 4.50. The number of aromatic nitrogens is 5. The van der Waals surface area contributed by atoms with Gasteiger partial charge in [0.1, 0.15) is 5.82 Å². The van der Waals surface area contributed by atoms with Crippen molar-refractivity contribution >= 4 is 0 Å². The van der Waals surface area contributed by atoms with E-state index in [1.165, 1.54) is 12.1 Å². The zero-order valence-corrected chi connectivity index (χ0v) is 18.2. The van der Waals surface area contributed by atoms with Crippen LogP contribution in [0.1, 0.15) is 35.8 Å². The van der Waals surface area contributed by atoms with Gasteiger partial charge in [-0.15, -0.1) is 0 Å². The fourth-order valence-electron chi connectivity index (χ4n) is 5.27. The maximum Gasteiger partial charge on any atom is 0.255 e. The van der Waals surface area contributed by atoms with Gasteiger partial charge < -0.3 is 14.5 Å². The second kappa shape index (κ2) is 8.80. The maximum absolute atomic E-state index is 13.3. The van der Waals surface area contributed by atoms with E-state index in [-0.39, 0.29) is 5.56 Å². The molecular weight excluding hydrogens is 390 g/mol. The number of fused-ring (bicyclic) bond motifs is 4. The number of rotatable bonds is 8. The Balaban J connectivity index is 1.24. The molecule has 8 heteroatoms. The second-order valence-electron chi connectivity index (χ2n) is 9.09. The lowest BCUT2D eigenvalue weighted by molar-refractivity contribution is 0.117. The molecule has 8 nitrogen and oxygen atoms in total. The lowest BCUT2D eigenvalue weighted by atomic mass is 9.83. The molecule has 0 aliphatic carbocycles. The molecule has 2 aliphatic rings. The molecule has 3 aromatic heterocycles. The predicted molar refractivity (Wildman–Crippen MR) is 119 cm³/mol. The Kier molecular flexibility index (Phi) is 5.74. The number of imidazole rings is 1. The van der Waals surface area contributed by atoms with E-state index in [0.717, 1.165) is 50.5 Å². The molecular formula is C23H31N7O. The van der Waals surface area contributed by atoms with E-state index < -0.39 is 0 Å². The van der Waals surface area contributed by atoms with Gasteiger partial charge in [-0.25, -0.2) is 4.98 Å². The maximum atomic E-state index is 13.3. The Labute approximate surface area is 182 Å². The van der Waals surface area contributed by atoms with Crippen molar-refractivity contribution in [1.29, 1.82) is 0 Å². The molecule has 0 saturated carbocycles. The average molecular weight is 422 g/mol. The lowest BCUT2D eigenvalue weighted by Gasteiger charge is -2.43. The van der Waals surface area contributed by atoms with Crippen LogP contribution in [0.25, 0.3) is 0 Å². The minimum atomic E-state index is 0.186. The van der Waals surface area contributed by atoms with Gasteiger partial charge in [-0.2, -0.15) is 5.10 Å². The molecule has 164 valence electrons. The summed E-state index contributed by atoms with van der Waals surface area (Å²) >= 11 is 0. The number of aromatic amines is 1. The minimum Gasteiger partial charge on any atom is -0.348 e. The first-order chi connectivity index (χ1) is 15.2. The van der Waals surface area contributed by atoms with Crippen LogP contribution in [0.15, 0.2) is 47.8 Å². The van der Waals surface area contributed by atoms with E-state index in [2.05, 4.69) is 35.5 Å². The summed E-state index contributed by atoms with van der Waals surface area (Å²) in [7, 11) is 2.03. The number of pyridine rings is 1. The van der Waals surface area contributed by atoms with Crippen LogP contribution < -0.4 is 5.56 Å². The highest BCUT2D eigenvalue weighted by Crippen LogP contribution is 2.35. The highest BCUT2D eigenvalue weighted by atomic mass is 16.1. The van der Waals surface area contributed by atoms with Gasteiger partial charge in [-0.3, -0.25) is 14.4 Å². The highest BCUT2D eigenvalue weighted by molar-refractivity contribution is 5.22. The predicted octanol–water partition coefficient (Wildman–Crippen LogP) is 1.91. The Bertz CT molecular complexity index is 1040. The van der Waals surface area contributed by atoms with Gasteiger partial charge in [0.15, 0.2) is 0 Å². The molecule has 5 rings (SSSR count). The van der Waals surface area contributed by atoms with Crippen LogP contribution in [-0.2, 0) is 26.2 Å². The van der Waals surface area contributed by atoms with E-state index in [1.54, 1.807) is 6.20 Å². The topological polar surface area (TPSA) is 75.0 Å². The molecule has 0 aromatic carbocycles. The van der Waals surface area contributed by atoms with Crippen molar-refractivity contribution in [1.82, 2.24) is 34.1 Å². The van der Waals surface area contributed by atoms with Crippen molar-refractivity contribution in [3.8, 4) is 0 Å². The van der Waals surface area contributed by atoms with E-state index in [4.69, 9.17) is 0 Å². The largest absolute Gasteiger partial charge is 0.348 e. The van der Waals surface area contributed by atoms with Crippen LogP contribution in [0.4, 0.5) is 0 Å². The molecule has 0 amide bonds. The van der Waals surface area contributed by atoms with Gasteiger partial charge >= 0.3 is 0 Å².